The first kappa shape index (κ1) is 10.1. The molecule has 0 saturated carbocycles. The molecule has 0 bridgehead atoms. The van der Waals surface area contributed by atoms with Gasteiger partial charge in [0.05, 0.1) is 23.9 Å². The molecule has 4 heteroatoms. The molecule has 1 aliphatic rings. The average molecular weight is 229 g/mol. The molecule has 86 valence electrons. The van der Waals surface area contributed by atoms with E-state index in [2.05, 4.69) is 4.98 Å². The van der Waals surface area contributed by atoms with Crippen molar-refractivity contribution in [2.75, 3.05) is 7.11 Å². The van der Waals surface area contributed by atoms with Crippen molar-refractivity contribution in [1.29, 1.82) is 0 Å². The van der Waals surface area contributed by atoms with Gasteiger partial charge in [0, 0.05) is 18.2 Å². The molecule has 0 saturated heterocycles. The van der Waals surface area contributed by atoms with Crippen LogP contribution in [0.3, 0.4) is 0 Å². The van der Waals surface area contributed by atoms with E-state index in [0.717, 1.165) is 10.9 Å². The van der Waals surface area contributed by atoms with Crippen LogP contribution in [0.2, 0.25) is 0 Å². The number of methoxy groups -OCH3 is 1. The number of nitrogens with one attached hydrogen (secondary N) is 1. The van der Waals surface area contributed by atoms with Gasteiger partial charge in [0.1, 0.15) is 5.75 Å². The summed E-state index contributed by atoms with van der Waals surface area (Å²) in [4.78, 5) is 26.7. The number of H-pyrrole nitrogens is 1. The van der Waals surface area contributed by atoms with Gasteiger partial charge in [-0.15, -0.1) is 0 Å². The summed E-state index contributed by atoms with van der Waals surface area (Å²) in [6, 6.07) is 5.46. The Labute approximate surface area is 97.6 Å². The zero-order valence-electron chi connectivity index (χ0n) is 9.37. The van der Waals surface area contributed by atoms with Gasteiger partial charge >= 0.3 is 0 Å². The predicted molar refractivity (Wildman–Crippen MR) is 62.7 cm³/mol. The molecule has 0 unspecified atom stereocenters. The van der Waals surface area contributed by atoms with Gasteiger partial charge in [0.2, 0.25) is 0 Å². The number of hydrogen-bond donors (Lipinski definition) is 1. The second kappa shape index (κ2) is 3.45. The molecule has 0 aliphatic heterocycles. The number of rotatable bonds is 1. The third-order valence-electron chi connectivity index (χ3n) is 3.15. The van der Waals surface area contributed by atoms with Gasteiger partial charge in [-0.05, 0) is 6.07 Å². The van der Waals surface area contributed by atoms with Gasteiger partial charge in [-0.3, -0.25) is 9.59 Å². The molecule has 1 aromatic heterocycles. The number of carbonyl (C=O) groups excluding carboxylic acids is 2. The highest BCUT2D eigenvalue weighted by molar-refractivity contribution is 6.20. The number of Topliss-reactive ketones (excluding diaryl/α,β-unsaturated/α-hetero) is 2. The van der Waals surface area contributed by atoms with E-state index in [9.17, 15) is 9.59 Å². The van der Waals surface area contributed by atoms with E-state index in [1.165, 1.54) is 0 Å². The molecule has 4 nitrogen and oxygen atoms in total. The maximum atomic E-state index is 11.9. The van der Waals surface area contributed by atoms with E-state index in [1.807, 2.05) is 12.1 Å². The average Bonchev–Trinajstić information content (AvgIpc) is 2.74. The molecule has 0 radical (unpaired) electrons. The van der Waals surface area contributed by atoms with E-state index >= 15 is 0 Å². The van der Waals surface area contributed by atoms with Gasteiger partial charge in [-0.1, -0.05) is 12.1 Å². The Morgan fingerprint density at radius 2 is 1.94 bits per heavy atom. The smallest absolute Gasteiger partial charge is 0.180 e. The van der Waals surface area contributed by atoms with Gasteiger partial charge in [0.15, 0.2) is 11.6 Å². The summed E-state index contributed by atoms with van der Waals surface area (Å²) < 4.78 is 5.22. The predicted octanol–water partition coefficient (Wildman–Crippen LogP) is 2.34. The summed E-state index contributed by atoms with van der Waals surface area (Å²) in [5.41, 5.74) is 1.68. The Balaban J connectivity index is 2.41. The summed E-state index contributed by atoms with van der Waals surface area (Å²) >= 11 is 0. The van der Waals surface area contributed by atoms with Crippen LogP contribution in [-0.2, 0) is 0 Å². The molecule has 0 amide bonds. The van der Waals surface area contributed by atoms with Crippen LogP contribution in [0.1, 0.15) is 33.7 Å². The molecule has 1 aliphatic carbocycles. The number of ether oxygens (including phenoxy) is 1. The second-order valence-corrected chi connectivity index (χ2v) is 4.10. The van der Waals surface area contributed by atoms with Crippen LogP contribution >= 0.6 is 0 Å². The van der Waals surface area contributed by atoms with Crippen molar-refractivity contribution in [2.24, 2.45) is 0 Å². The molecule has 0 fully saturated rings. The van der Waals surface area contributed by atoms with Gasteiger partial charge < -0.3 is 9.72 Å². The normalized spacial score (nSPS) is 15.1. The van der Waals surface area contributed by atoms with Crippen LogP contribution < -0.4 is 4.74 Å². The molecule has 1 heterocycles. The Morgan fingerprint density at radius 1 is 1.18 bits per heavy atom. The fourth-order valence-corrected chi connectivity index (χ4v) is 2.34. The van der Waals surface area contributed by atoms with Gasteiger partial charge in [-0.2, -0.15) is 0 Å². The molecular formula is C13H11NO3. The SMILES string of the molecule is COc1cccc2c3c([nH]c12)C(=O)CCC3=O. The zero-order valence-corrected chi connectivity index (χ0v) is 9.37. The van der Waals surface area contributed by atoms with E-state index < -0.39 is 0 Å². The molecule has 17 heavy (non-hydrogen) atoms. The minimum absolute atomic E-state index is 0.00199. The number of aromatic nitrogens is 1. The van der Waals surface area contributed by atoms with Crippen LogP contribution in [-0.4, -0.2) is 23.7 Å². The number of benzene rings is 1. The first-order valence-electron chi connectivity index (χ1n) is 5.47. The van der Waals surface area contributed by atoms with Crippen LogP contribution in [0.5, 0.6) is 5.75 Å². The van der Waals surface area contributed by atoms with E-state index in [-0.39, 0.29) is 11.6 Å². The Morgan fingerprint density at radius 3 is 2.71 bits per heavy atom. The number of fused-ring (bicyclic) bond motifs is 3. The summed E-state index contributed by atoms with van der Waals surface area (Å²) in [6.07, 6.45) is 0.594. The van der Waals surface area contributed by atoms with Crippen LogP contribution in [0.25, 0.3) is 10.9 Å². The lowest BCUT2D eigenvalue weighted by atomic mass is 9.93. The maximum Gasteiger partial charge on any atom is 0.180 e. The van der Waals surface area contributed by atoms with E-state index in [0.29, 0.717) is 29.8 Å². The molecule has 1 N–H and O–H groups in total. The maximum absolute atomic E-state index is 11.9. The van der Waals surface area contributed by atoms with Crippen molar-refractivity contribution < 1.29 is 14.3 Å². The number of para-hydroxylation sites is 1. The van der Waals surface area contributed by atoms with Crippen molar-refractivity contribution in [2.45, 2.75) is 12.8 Å². The molecule has 1 aromatic carbocycles. The Kier molecular flexibility index (Phi) is 2.04. The minimum Gasteiger partial charge on any atom is -0.495 e. The zero-order chi connectivity index (χ0) is 12.0. The number of hydrogen-bond acceptors (Lipinski definition) is 3. The Hall–Kier alpha value is -2.10. The van der Waals surface area contributed by atoms with Gasteiger partial charge in [-0.25, -0.2) is 0 Å². The third-order valence-corrected chi connectivity index (χ3v) is 3.15. The van der Waals surface area contributed by atoms with E-state index in [4.69, 9.17) is 4.74 Å². The highest BCUT2D eigenvalue weighted by Crippen LogP contribution is 2.33. The quantitative estimate of drug-likeness (QED) is 0.816. The molecule has 2 aromatic rings. The van der Waals surface area contributed by atoms with Crippen LogP contribution in [0, 0.1) is 0 Å². The lowest BCUT2D eigenvalue weighted by Gasteiger charge is -2.08. The van der Waals surface area contributed by atoms with Crippen molar-refractivity contribution in [3.8, 4) is 5.75 Å². The van der Waals surface area contributed by atoms with Crippen molar-refractivity contribution in [3.05, 3.63) is 29.5 Å². The first-order valence-corrected chi connectivity index (χ1v) is 5.47. The summed E-state index contributed by atoms with van der Waals surface area (Å²) in [6.45, 7) is 0. The lowest BCUT2D eigenvalue weighted by Crippen LogP contribution is -2.15. The second-order valence-electron chi connectivity index (χ2n) is 4.10. The largest absolute Gasteiger partial charge is 0.495 e. The fraction of sp³-hybridized carbons (Fsp3) is 0.231. The van der Waals surface area contributed by atoms with Crippen LogP contribution in [0.15, 0.2) is 18.2 Å². The van der Waals surface area contributed by atoms with Crippen molar-refractivity contribution in [3.63, 3.8) is 0 Å². The topological polar surface area (TPSA) is 59.2 Å². The molecule has 0 spiro atoms. The van der Waals surface area contributed by atoms with Crippen molar-refractivity contribution >= 4 is 22.5 Å². The fourth-order valence-electron chi connectivity index (χ4n) is 2.34. The number of carbonyl (C=O) groups is 2. The summed E-state index contributed by atoms with van der Waals surface area (Å²) in [5.74, 6) is 0.675. The number of ketones is 2. The highest BCUT2D eigenvalue weighted by atomic mass is 16.5. The number of aromatic amines is 1. The third kappa shape index (κ3) is 1.30. The molecule has 3 rings (SSSR count). The standard InChI is InChI=1S/C13H11NO3/c1-17-10-4-2-3-7-11-8(15)5-6-9(16)13(11)14-12(7)10/h2-4,14H,5-6H2,1H3. The molecular weight excluding hydrogens is 218 g/mol. The monoisotopic (exact) mass is 229 g/mol. The first-order chi connectivity index (χ1) is 8.22. The van der Waals surface area contributed by atoms with Crippen LogP contribution in [0.4, 0.5) is 0 Å². The summed E-state index contributed by atoms with van der Waals surface area (Å²) in [5, 5.41) is 0.775. The lowest BCUT2D eigenvalue weighted by molar-refractivity contribution is 0.0889. The molecule has 0 atom stereocenters. The highest BCUT2D eigenvalue weighted by Gasteiger charge is 2.28. The minimum atomic E-state index is -0.00199. The Bertz CT molecular complexity index is 639. The summed E-state index contributed by atoms with van der Waals surface area (Å²) in [7, 11) is 1.57. The van der Waals surface area contributed by atoms with E-state index in [1.54, 1.807) is 13.2 Å². The van der Waals surface area contributed by atoms with Gasteiger partial charge in [0.25, 0.3) is 0 Å². The van der Waals surface area contributed by atoms with Crippen molar-refractivity contribution in [1.82, 2.24) is 4.98 Å².